The Hall–Kier alpha value is -1.06. The number of amides is 1. The van der Waals surface area contributed by atoms with Gasteiger partial charge in [-0.3, -0.25) is 4.79 Å². The normalized spacial score (nSPS) is 23.1. The maximum atomic E-state index is 11.8. The van der Waals surface area contributed by atoms with E-state index in [-0.39, 0.29) is 5.91 Å². The van der Waals surface area contributed by atoms with Crippen LogP contribution in [0.5, 0.6) is 0 Å². The molecule has 0 atom stereocenters. The standard InChI is InChI=1S/C13H21NO3/c15-11(7-6-10-4-3-5-10)14-13(12(16)17)8-1-2-9-13/h10H,1-9H2,(H,14,15)(H,16,17). The van der Waals surface area contributed by atoms with Crippen molar-refractivity contribution in [1.82, 2.24) is 5.32 Å². The molecule has 0 unspecified atom stereocenters. The Bertz CT molecular complexity index is 304. The van der Waals surface area contributed by atoms with Gasteiger partial charge in [0, 0.05) is 6.42 Å². The Morgan fingerprint density at radius 2 is 1.82 bits per heavy atom. The lowest BCUT2D eigenvalue weighted by Crippen LogP contribution is -2.52. The van der Waals surface area contributed by atoms with Gasteiger partial charge in [0.2, 0.25) is 5.91 Å². The number of carboxylic acids is 1. The molecule has 2 fully saturated rings. The Morgan fingerprint density at radius 3 is 2.29 bits per heavy atom. The van der Waals surface area contributed by atoms with Gasteiger partial charge in [-0.15, -0.1) is 0 Å². The highest BCUT2D eigenvalue weighted by atomic mass is 16.4. The van der Waals surface area contributed by atoms with Crippen LogP contribution in [0.15, 0.2) is 0 Å². The molecule has 2 N–H and O–H groups in total. The summed E-state index contributed by atoms with van der Waals surface area (Å²) in [4.78, 5) is 23.0. The van der Waals surface area contributed by atoms with E-state index in [9.17, 15) is 14.7 Å². The Morgan fingerprint density at radius 1 is 1.18 bits per heavy atom. The summed E-state index contributed by atoms with van der Waals surface area (Å²) < 4.78 is 0. The molecule has 2 rings (SSSR count). The molecule has 0 spiro atoms. The van der Waals surface area contributed by atoms with Crippen LogP contribution in [0.2, 0.25) is 0 Å². The molecule has 2 aliphatic carbocycles. The van der Waals surface area contributed by atoms with E-state index >= 15 is 0 Å². The molecular weight excluding hydrogens is 218 g/mol. The number of rotatable bonds is 5. The summed E-state index contributed by atoms with van der Waals surface area (Å²) in [7, 11) is 0. The van der Waals surface area contributed by atoms with Crippen molar-refractivity contribution in [2.24, 2.45) is 5.92 Å². The van der Waals surface area contributed by atoms with Crippen LogP contribution in [0.1, 0.15) is 57.8 Å². The predicted molar refractivity (Wildman–Crippen MR) is 63.6 cm³/mol. The lowest BCUT2D eigenvalue weighted by Gasteiger charge is -2.27. The van der Waals surface area contributed by atoms with Gasteiger partial charge in [-0.1, -0.05) is 32.1 Å². The SMILES string of the molecule is O=C(CCC1CCC1)NC1(C(=O)O)CCCC1. The molecule has 0 radical (unpaired) electrons. The molecule has 0 saturated heterocycles. The third-order valence-electron chi connectivity index (χ3n) is 4.25. The topological polar surface area (TPSA) is 66.4 Å². The summed E-state index contributed by atoms with van der Waals surface area (Å²) in [6.45, 7) is 0. The minimum atomic E-state index is -0.962. The lowest BCUT2D eigenvalue weighted by atomic mass is 9.82. The van der Waals surface area contributed by atoms with Crippen LogP contribution in [0.4, 0.5) is 0 Å². The zero-order valence-electron chi connectivity index (χ0n) is 10.2. The van der Waals surface area contributed by atoms with E-state index in [1.54, 1.807) is 0 Å². The van der Waals surface area contributed by atoms with Gasteiger partial charge >= 0.3 is 5.97 Å². The molecular formula is C13H21NO3. The van der Waals surface area contributed by atoms with Crippen molar-refractivity contribution >= 4 is 11.9 Å². The summed E-state index contributed by atoms with van der Waals surface area (Å²) in [5, 5.41) is 12.0. The highest BCUT2D eigenvalue weighted by Gasteiger charge is 2.42. The van der Waals surface area contributed by atoms with Gasteiger partial charge in [-0.2, -0.15) is 0 Å². The molecule has 2 aliphatic rings. The molecule has 1 amide bonds. The van der Waals surface area contributed by atoms with Crippen molar-refractivity contribution < 1.29 is 14.7 Å². The molecule has 0 aliphatic heterocycles. The van der Waals surface area contributed by atoms with Gasteiger partial charge in [-0.25, -0.2) is 4.79 Å². The van der Waals surface area contributed by atoms with Crippen LogP contribution in [0, 0.1) is 5.92 Å². The largest absolute Gasteiger partial charge is 0.480 e. The molecule has 0 aromatic rings. The van der Waals surface area contributed by atoms with Gasteiger partial charge in [0.05, 0.1) is 0 Å². The molecule has 0 bridgehead atoms. The number of nitrogens with one attached hydrogen (secondary N) is 1. The minimum Gasteiger partial charge on any atom is -0.480 e. The fourth-order valence-corrected chi connectivity index (χ4v) is 2.82. The molecule has 4 nitrogen and oxygen atoms in total. The Labute approximate surface area is 102 Å². The van der Waals surface area contributed by atoms with Gasteiger partial charge < -0.3 is 10.4 Å². The molecule has 0 aromatic carbocycles. The second kappa shape index (κ2) is 5.07. The van der Waals surface area contributed by atoms with Crippen molar-refractivity contribution in [2.75, 3.05) is 0 Å². The van der Waals surface area contributed by atoms with Gasteiger partial charge in [0.15, 0.2) is 0 Å². The van der Waals surface area contributed by atoms with E-state index in [0.717, 1.165) is 19.3 Å². The van der Waals surface area contributed by atoms with E-state index in [1.807, 2.05) is 0 Å². The fourth-order valence-electron chi connectivity index (χ4n) is 2.82. The number of carboxylic acid groups (broad SMARTS) is 1. The highest BCUT2D eigenvalue weighted by molar-refractivity contribution is 5.87. The first-order chi connectivity index (χ1) is 8.12. The summed E-state index contributed by atoms with van der Waals surface area (Å²) in [6.07, 6.45) is 8.11. The van der Waals surface area contributed by atoms with E-state index < -0.39 is 11.5 Å². The van der Waals surface area contributed by atoms with Crippen LogP contribution in [-0.2, 0) is 9.59 Å². The number of carbonyl (C=O) groups is 2. The third-order valence-corrected chi connectivity index (χ3v) is 4.25. The summed E-state index contributed by atoms with van der Waals surface area (Å²) in [5.74, 6) is -0.252. The fraction of sp³-hybridized carbons (Fsp3) is 0.846. The lowest BCUT2D eigenvalue weighted by molar-refractivity contribution is -0.147. The van der Waals surface area contributed by atoms with E-state index in [1.165, 1.54) is 19.3 Å². The third kappa shape index (κ3) is 2.79. The first-order valence-corrected chi connectivity index (χ1v) is 6.67. The average Bonchev–Trinajstić information content (AvgIpc) is 2.65. The number of carbonyl (C=O) groups excluding carboxylic acids is 1. The first kappa shape index (κ1) is 12.4. The average molecular weight is 239 g/mol. The minimum absolute atomic E-state index is 0.0822. The van der Waals surface area contributed by atoms with Crippen molar-refractivity contribution in [1.29, 1.82) is 0 Å². The van der Waals surface area contributed by atoms with Crippen molar-refractivity contribution in [3.8, 4) is 0 Å². The maximum Gasteiger partial charge on any atom is 0.329 e. The zero-order valence-corrected chi connectivity index (χ0v) is 10.2. The van der Waals surface area contributed by atoms with Crippen LogP contribution >= 0.6 is 0 Å². The monoisotopic (exact) mass is 239 g/mol. The second-order valence-corrected chi connectivity index (χ2v) is 5.48. The second-order valence-electron chi connectivity index (χ2n) is 5.48. The quantitative estimate of drug-likeness (QED) is 0.772. The van der Waals surface area contributed by atoms with E-state index in [0.29, 0.717) is 25.2 Å². The Kier molecular flexibility index (Phi) is 3.69. The summed E-state index contributed by atoms with van der Waals surface area (Å²) >= 11 is 0. The molecule has 0 heterocycles. The Balaban J connectivity index is 1.80. The van der Waals surface area contributed by atoms with Gasteiger partial charge in [0.1, 0.15) is 5.54 Å². The number of aliphatic carboxylic acids is 1. The van der Waals surface area contributed by atoms with Crippen LogP contribution in [0.3, 0.4) is 0 Å². The first-order valence-electron chi connectivity index (χ1n) is 6.67. The van der Waals surface area contributed by atoms with Gasteiger partial charge in [-0.05, 0) is 25.2 Å². The smallest absolute Gasteiger partial charge is 0.329 e. The van der Waals surface area contributed by atoms with Crippen molar-refractivity contribution in [2.45, 2.75) is 63.3 Å². The maximum absolute atomic E-state index is 11.8. The number of hydrogen-bond acceptors (Lipinski definition) is 2. The predicted octanol–water partition coefficient (Wildman–Crippen LogP) is 2.08. The zero-order chi connectivity index (χ0) is 12.3. The van der Waals surface area contributed by atoms with Crippen LogP contribution < -0.4 is 5.32 Å². The van der Waals surface area contributed by atoms with E-state index in [4.69, 9.17) is 0 Å². The molecule has 0 aromatic heterocycles. The molecule has 96 valence electrons. The molecule has 17 heavy (non-hydrogen) atoms. The molecule has 2 saturated carbocycles. The van der Waals surface area contributed by atoms with Gasteiger partial charge in [0.25, 0.3) is 0 Å². The van der Waals surface area contributed by atoms with Crippen molar-refractivity contribution in [3.05, 3.63) is 0 Å². The summed E-state index contributed by atoms with van der Waals surface area (Å²) in [6, 6.07) is 0. The van der Waals surface area contributed by atoms with Crippen LogP contribution in [0.25, 0.3) is 0 Å². The number of hydrogen-bond donors (Lipinski definition) is 2. The highest BCUT2D eigenvalue weighted by Crippen LogP contribution is 2.32. The summed E-state index contributed by atoms with van der Waals surface area (Å²) in [5.41, 5.74) is -0.962. The van der Waals surface area contributed by atoms with E-state index in [2.05, 4.69) is 5.32 Å². The van der Waals surface area contributed by atoms with Crippen LogP contribution in [-0.4, -0.2) is 22.5 Å². The van der Waals surface area contributed by atoms with Crippen molar-refractivity contribution in [3.63, 3.8) is 0 Å². The molecule has 4 heteroatoms.